The fourth-order valence-electron chi connectivity index (χ4n) is 3.09. The van der Waals surface area contributed by atoms with E-state index in [0.717, 1.165) is 33.8 Å². The van der Waals surface area contributed by atoms with Crippen molar-refractivity contribution < 1.29 is 14.2 Å². The lowest BCUT2D eigenvalue weighted by molar-refractivity contribution is 0.164. The molecule has 4 rings (SSSR count). The molecule has 0 fully saturated rings. The molecule has 1 aromatic carbocycles. The van der Waals surface area contributed by atoms with E-state index in [0.29, 0.717) is 24.7 Å². The Balaban J connectivity index is 1.45. The molecule has 0 amide bonds. The molecule has 0 atom stereocenters. The first-order chi connectivity index (χ1) is 14.1. The summed E-state index contributed by atoms with van der Waals surface area (Å²) >= 11 is 0. The molecule has 1 aliphatic rings. The Morgan fingerprint density at radius 2 is 2.14 bits per heavy atom. The molecular weight excluding hydrogens is 364 g/mol. The predicted octanol–water partition coefficient (Wildman–Crippen LogP) is 5.27. The normalized spacial score (nSPS) is 13.1. The van der Waals surface area contributed by atoms with Crippen LogP contribution < -0.4 is 9.47 Å². The molecule has 5 heteroatoms. The van der Waals surface area contributed by atoms with Crippen molar-refractivity contribution in [3.63, 3.8) is 0 Å². The highest BCUT2D eigenvalue weighted by Gasteiger charge is 2.19. The fraction of sp³-hybridized carbons (Fsp3) is 0.125. The van der Waals surface area contributed by atoms with E-state index in [-0.39, 0.29) is 0 Å². The van der Waals surface area contributed by atoms with Crippen LogP contribution in [0.3, 0.4) is 0 Å². The minimum absolute atomic E-state index is 0.422. The van der Waals surface area contributed by atoms with Crippen LogP contribution in [0.4, 0.5) is 0 Å². The van der Waals surface area contributed by atoms with Crippen LogP contribution in [0, 0.1) is 0 Å². The Hall–Kier alpha value is -3.73. The molecule has 0 saturated carbocycles. The van der Waals surface area contributed by atoms with Gasteiger partial charge in [0.25, 0.3) is 0 Å². The van der Waals surface area contributed by atoms with Gasteiger partial charge in [-0.3, -0.25) is 0 Å². The average Bonchev–Trinajstić information content (AvgIpc) is 3.19. The average molecular weight is 386 g/mol. The summed E-state index contributed by atoms with van der Waals surface area (Å²) in [5.74, 6) is 2.76. The number of hydrogen-bond donors (Lipinski definition) is 0. The zero-order valence-electron chi connectivity index (χ0n) is 16.3. The first kappa shape index (κ1) is 18.6. The van der Waals surface area contributed by atoms with Crippen LogP contribution in [0.15, 0.2) is 86.1 Å². The van der Waals surface area contributed by atoms with Gasteiger partial charge in [-0.15, -0.1) is 0 Å². The molecule has 5 nitrogen and oxygen atoms in total. The maximum atomic E-state index is 6.08. The number of hydrogen-bond acceptors (Lipinski definition) is 4. The van der Waals surface area contributed by atoms with Gasteiger partial charge in [0.2, 0.25) is 0 Å². The molecule has 29 heavy (non-hydrogen) atoms. The lowest BCUT2D eigenvalue weighted by Crippen LogP contribution is -2.08. The van der Waals surface area contributed by atoms with E-state index in [1.54, 1.807) is 6.33 Å². The molecule has 0 saturated heterocycles. The number of aromatic nitrogens is 2. The minimum Gasteiger partial charge on any atom is -0.491 e. The van der Waals surface area contributed by atoms with Crippen LogP contribution in [0.5, 0.6) is 11.5 Å². The summed E-state index contributed by atoms with van der Waals surface area (Å²) in [6, 6.07) is 11.7. The summed E-state index contributed by atoms with van der Waals surface area (Å²) < 4.78 is 19.3. The largest absolute Gasteiger partial charge is 0.491 e. The molecule has 0 aliphatic carbocycles. The Bertz CT molecular complexity index is 1140. The van der Waals surface area contributed by atoms with Crippen molar-refractivity contribution in [2.24, 2.45) is 0 Å². The number of allylic oxidation sites excluding steroid dienone is 4. The summed E-state index contributed by atoms with van der Waals surface area (Å²) in [6.45, 7) is 10.7. The van der Waals surface area contributed by atoms with E-state index in [1.807, 2.05) is 72.1 Å². The van der Waals surface area contributed by atoms with Gasteiger partial charge in [0.15, 0.2) is 5.76 Å². The quantitative estimate of drug-likeness (QED) is 0.315. The van der Waals surface area contributed by atoms with Gasteiger partial charge in [-0.2, -0.15) is 0 Å². The Kier molecular flexibility index (Phi) is 5.20. The van der Waals surface area contributed by atoms with Gasteiger partial charge in [0.1, 0.15) is 36.2 Å². The third kappa shape index (κ3) is 4.09. The van der Waals surface area contributed by atoms with Gasteiger partial charge >= 0.3 is 0 Å². The van der Waals surface area contributed by atoms with Gasteiger partial charge in [-0.25, -0.2) is 4.98 Å². The van der Waals surface area contributed by atoms with E-state index < -0.39 is 0 Å². The molecular formula is C24H22N2O3. The molecule has 0 spiro atoms. The molecule has 146 valence electrons. The van der Waals surface area contributed by atoms with Crippen LogP contribution in [0.25, 0.3) is 16.8 Å². The highest BCUT2D eigenvalue weighted by molar-refractivity contribution is 5.87. The van der Waals surface area contributed by atoms with Crippen molar-refractivity contribution in [1.29, 1.82) is 0 Å². The molecule has 3 heterocycles. The summed E-state index contributed by atoms with van der Waals surface area (Å²) in [5, 5.41) is 0. The first-order valence-electron chi connectivity index (χ1n) is 9.37. The van der Waals surface area contributed by atoms with Crippen LogP contribution in [0.2, 0.25) is 0 Å². The van der Waals surface area contributed by atoms with Crippen molar-refractivity contribution >= 4 is 16.8 Å². The monoisotopic (exact) mass is 386 g/mol. The van der Waals surface area contributed by atoms with Crippen molar-refractivity contribution in [1.82, 2.24) is 9.38 Å². The molecule has 0 bridgehead atoms. The zero-order valence-corrected chi connectivity index (χ0v) is 16.3. The molecule has 2 aromatic heterocycles. The van der Waals surface area contributed by atoms with Gasteiger partial charge in [-0.1, -0.05) is 19.2 Å². The first-order valence-corrected chi connectivity index (χ1v) is 9.37. The zero-order chi connectivity index (χ0) is 20.2. The second-order valence-electron chi connectivity index (χ2n) is 6.57. The predicted molar refractivity (Wildman–Crippen MR) is 115 cm³/mol. The lowest BCUT2D eigenvalue weighted by atomic mass is 10.0. The summed E-state index contributed by atoms with van der Waals surface area (Å²) in [7, 11) is 0. The van der Waals surface area contributed by atoms with Crippen LogP contribution in [-0.2, 0) is 4.74 Å². The van der Waals surface area contributed by atoms with Crippen LogP contribution in [-0.4, -0.2) is 22.6 Å². The topological polar surface area (TPSA) is 45.0 Å². The standard InChI is InChI=1S/C24H22N2O3/c1-4-6-18(3)27-11-12-28-20-8-9-23-21(15-20)17(2)13-24(29-23)22-14-19-7-5-10-26(19)16-25-22/h4-10,13-16H,2-3,11-12H2,1H3. The number of benzene rings is 1. The summed E-state index contributed by atoms with van der Waals surface area (Å²) in [6.07, 6.45) is 9.33. The van der Waals surface area contributed by atoms with E-state index in [1.165, 1.54) is 0 Å². The highest BCUT2D eigenvalue weighted by atomic mass is 16.5. The van der Waals surface area contributed by atoms with E-state index in [2.05, 4.69) is 18.1 Å². The third-order valence-electron chi connectivity index (χ3n) is 4.48. The Labute approximate surface area is 169 Å². The molecule has 1 aliphatic heterocycles. The van der Waals surface area contributed by atoms with Crippen molar-refractivity contribution in [3.05, 3.63) is 97.3 Å². The SMILES string of the molecule is C=C(C=CC)OCCOc1ccc2c(c1)C(=C)C=C(c1cc3cccn3cn1)O2. The van der Waals surface area contributed by atoms with Crippen molar-refractivity contribution in [3.8, 4) is 11.5 Å². The number of ether oxygens (including phenoxy) is 3. The summed E-state index contributed by atoms with van der Waals surface area (Å²) in [5.41, 5.74) is 3.57. The van der Waals surface area contributed by atoms with Crippen molar-refractivity contribution in [2.75, 3.05) is 13.2 Å². The second kappa shape index (κ2) is 8.10. The van der Waals surface area contributed by atoms with Crippen molar-refractivity contribution in [2.45, 2.75) is 6.92 Å². The van der Waals surface area contributed by atoms with Crippen LogP contribution >= 0.6 is 0 Å². The minimum atomic E-state index is 0.422. The number of rotatable bonds is 7. The lowest BCUT2D eigenvalue weighted by Gasteiger charge is -2.20. The van der Waals surface area contributed by atoms with E-state index >= 15 is 0 Å². The van der Waals surface area contributed by atoms with Crippen LogP contribution in [0.1, 0.15) is 18.2 Å². The highest BCUT2D eigenvalue weighted by Crippen LogP contribution is 2.37. The maximum absolute atomic E-state index is 6.08. The van der Waals surface area contributed by atoms with E-state index in [4.69, 9.17) is 14.2 Å². The molecule has 0 N–H and O–H groups in total. The van der Waals surface area contributed by atoms with Gasteiger partial charge in [-0.05, 0) is 61.0 Å². The molecule has 3 aromatic rings. The molecule has 0 unspecified atom stereocenters. The van der Waals surface area contributed by atoms with E-state index in [9.17, 15) is 0 Å². The maximum Gasteiger partial charge on any atom is 0.153 e. The van der Waals surface area contributed by atoms with Gasteiger partial charge in [0.05, 0.1) is 6.33 Å². The number of fused-ring (bicyclic) bond motifs is 2. The van der Waals surface area contributed by atoms with Gasteiger partial charge in [0, 0.05) is 17.3 Å². The smallest absolute Gasteiger partial charge is 0.153 e. The van der Waals surface area contributed by atoms with Gasteiger partial charge < -0.3 is 18.6 Å². The molecule has 0 radical (unpaired) electrons. The summed E-state index contributed by atoms with van der Waals surface area (Å²) in [4.78, 5) is 4.48. The Morgan fingerprint density at radius 1 is 1.24 bits per heavy atom. The Morgan fingerprint density at radius 3 is 3.00 bits per heavy atom. The number of nitrogens with zero attached hydrogens (tertiary/aromatic N) is 2. The third-order valence-corrected chi connectivity index (χ3v) is 4.48. The second-order valence-corrected chi connectivity index (χ2v) is 6.57. The fourth-order valence-corrected chi connectivity index (χ4v) is 3.09.